The van der Waals surface area contributed by atoms with E-state index in [1.165, 1.54) is 5.56 Å². The summed E-state index contributed by atoms with van der Waals surface area (Å²) in [5.41, 5.74) is 3.37. The number of rotatable bonds is 5. The van der Waals surface area contributed by atoms with Crippen molar-refractivity contribution in [2.45, 2.75) is 46.3 Å². The van der Waals surface area contributed by atoms with Gasteiger partial charge in [0, 0.05) is 23.5 Å². The maximum Gasteiger partial charge on any atom is 0.0937 e. The lowest BCUT2D eigenvalue weighted by atomic mass is 10.1. The number of hydrogen-bond acceptors (Lipinski definition) is 3. The lowest BCUT2D eigenvalue weighted by molar-refractivity contribution is 0.179. The largest absolute Gasteiger partial charge is 0.387 e. The minimum Gasteiger partial charge on any atom is -0.387 e. The van der Waals surface area contributed by atoms with Crippen LogP contribution in [-0.2, 0) is 19.4 Å². The predicted octanol–water partition coefficient (Wildman–Crippen LogP) is 3.87. The van der Waals surface area contributed by atoms with Crippen molar-refractivity contribution in [3.8, 4) is 0 Å². The minimum absolute atomic E-state index is 0.457. The lowest BCUT2D eigenvalue weighted by Crippen LogP contribution is -2.07. The van der Waals surface area contributed by atoms with Crippen LogP contribution in [-0.4, -0.2) is 14.9 Å². The van der Waals surface area contributed by atoms with Crippen molar-refractivity contribution in [1.29, 1.82) is 0 Å². The quantitative estimate of drug-likeness (QED) is 0.895. The van der Waals surface area contributed by atoms with Gasteiger partial charge in [0.05, 0.1) is 15.6 Å². The molecule has 1 atom stereocenters. The highest BCUT2D eigenvalue weighted by atomic mass is 79.9. The monoisotopic (exact) mass is 342 g/mol. The molecule has 2 rings (SSSR count). The molecule has 3 nitrogen and oxygen atoms in total. The van der Waals surface area contributed by atoms with Gasteiger partial charge >= 0.3 is 0 Å². The van der Waals surface area contributed by atoms with Crippen LogP contribution in [0.4, 0.5) is 0 Å². The van der Waals surface area contributed by atoms with Gasteiger partial charge in [0.25, 0.3) is 0 Å². The molecule has 0 radical (unpaired) electrons. The maximum absolute atomic E-state index is 10.4. The Morgan fingerprint density at radius 1 is 1.42 bits per heavy atom. The van der Waals surface area contributed by atoms with E-state index in [-0.39, 0.29) is 0 Å². The molecule has 104 valence electrons. The number of nitrogens with zero attached hydrogens (tertiary/aromatic N) is 2. The SMILES string of the molecule is CCc1cc(CC(O)c2cc(C)c(Br)s2)n(CC)n1. The van der Waals surface area contributed by atoms with Crippen molar-refractivity contribution >= 4 is 27.3 Å². The minimum atomic E-state index is -0.457. The maximum atomic E-state index is 10.4. The van der Waals surface area contributed by atoms with E-state index in [4.69, 9.17) is 0 Å². The van der Waals surface area contributed by atoms with E-state index in [9.17, 15) is 5.11 Å². The van der Waals surface area contributed by atoms with Crippen LogP contribution in [0, 0.1) is 6.92 Å². The number of aliphatic hydroxyl groups is 1. The summed E-state index contributed by atoms with van der Waals surface area (Å²) in [7, 11) is 0. The smallest absolute Gasteiger partial charge is 0.0937 e. The second-order valence-corrected chi connectivity index (χ2v) is 7.02. The van der Waals surface area contributed by atoms with E-state index in [0.717, 1.165) is 33.0 Å². The molecule has 0 amide bonds. The molecule has 0 aromatic carbocycles. The van der Waals surface area contributed by atoms with Crippen molar-refractivity contribution < 1.29 is 5.11 Å². The van der Waals surface area contributed by atoms with Crippen LogP contribution in [0.1, 0.15) is 41.8 Å². The van der Waals surface area contributed by atoms with Gasteiger partial charge in [0.1, 0.15) is 0 Å². The zero-order valence-corrected chi connectivity index (χ0v) is 13.9. The van der Waals surface area contributed by atoms with Crippen molar-refractivity contribution in [3.05, 3.63) is 37.7 Å². The molecule has 0 aliphatic heterocycles. The summed E-state index contributed by atoms with van der Waals surface area (Å²) in [6.07, 6.45) is 1.09. The first-order valence-electron chi connectivity index (χ1n) is 6.54. The zero-order chi connectivity index (χ0) is 14.0. The third kappa shape index (κ3) is 3.27. The highest BCUT2D eigenvalue weighted by Gasteiger charge is 2.16. The summed E-state index contributed by atoms with van der Waals surface area (Å²) < 4.78 is 3.08. The number of aryl methyl sites for hydroxylation is 3. The van der Waals surface area contributed by atoms with Crippen LogP contribution < -0.4 is 0 Å². The Labute approximate surface area is 126 Å². The van der Waals surface area contributed by atoms with Crippen LogP contribution in [0.2, 0.25) is 0 Å². The summed E-state index contributed by atoms with van der Waals surface area (Å²) in [6, 6.07) is 4.15. The summed E-state index contributed by atoms with van der Waals surface area (Å²) in [6.45, 7) is 7.06. The molecule has 0 saturated carbocycles. The zero-order valence-electron chi connectivity index (χ0n) is 11.5. The van der Waals surface area contributed by atoms with E-state index in [2.05, 4.69) is 40.9 Å². The number of hydrogen-bond donors (Lipinski definition) is 1. The van der Waals surface area contributed by atoms with Gasteiger partial charge in [0.2, 0.25) is 0 Å². The fourth-order valence-electron chi connectivity index (χ4n) is 2.07. The van der Waals surface area contributed by atoms with E-state index in [1.54, 1.807) is 11.3 Å². The Morgan fingerprint density at radius 2 is 2.16 bits per heavy atom. The van der Waals surface area contributed by atoms with Crippen LogP contribution in [0.5, 0.6) is 0 Å². The molecule has 0 aliphatic carbocycles. The summed E-state index contributed by atoms with van der Waals surface area (Å²) in [5.74, 6) is 0. The Kier molecular flexibility index (Phi) is 4.81. The van der Waals surface area contributed by atoms with E-state index in [1.807, 2.05) is 17.7 Å². The number of halogens is 1. The average molecular weight is 343 g/mol. The van der Waals surface area contributed by atoms with Gasteiger partial charge in [-0.05, 0) is 53.9 Å². The lowest BCUT2D eigenvalue weighted by Gasteiger charge is -2.09. The van der Waals surface area contributed by atoms with Gasteiger partial charge in [-0.1, -0.05) is 6.92 Å². The molecular weight excluding hydrogens is 324 g/mol. The first-order chi connectivity index (χ1) is 9.05. The van der Waals surface area contributed by atoms with Crippen molar-refractivity contribution in [1.82, 2.24) is 9.78 Å². The average Bonchev–Trinajstić information content (AvgIpc) is 2.93. The first kappa shape index (κ1) is 14.8. The van der Waals surface area contributed by atoms with Gasteiger partial charge in [-0.2, -0.15) is 5.10 Å². The number of aromatic nitrogens is 2. The molecule has 0 fully saturated rings. The number of aliphatic hydroxyl groups excluding tert-OH is 1. The molecule has 1 N–H and O–H groups in total. The molecule has 0 bridgehead atoms. The molecule has 19 heavy (non-hydrogen) atoms. The fraction of sp³-hybridized carbons (Fsp3) is 0.500. The predicted molar refractivity (Wildman–Crippen MR) is 82.7 cm³/mol. The molecule has 1 unspecified atom stereocenters. The molecule has 2 heterocycles. The fourth-order valence-corrected chi connectivity index (χ4v) is 3.63. The van der Waals surface area contributed by atoms with Crippen molar-refractivity contribution in [2.75, 3.05) is 0 Å². The van der Waals surface area contributed by atoms with E-state index >= 15 is 0 Å². The molecular formula is C14H19BrN2OS. The van der Waals surface area contributed by atoms with Gasteiger partial charge < -0.3 is 5.11 Å². The normalized spacial score (nSPS) is 12.9. The third-order valence-electron chi connectivity index (χ3n) is 3.18. The first-order valence-corrected chi connectivity index (χ1v) is 8.15. The van der Waals surface area contributed by atoms with Crippen LogP contribution in [0.15, 0.2) is 15.9 Å². The highest BCUT2D eigenvalue weighted by molar-refractivity contribution is 9.11. The topological polar surface area (TPSA) is 38.0 Å². The summed E-state index contributed by atoms with van der Waals surface area (Å²) in [4.78, 5) is 1.01. The molecule has 5 heteroatoms. The van der Waals surface area contributed by atoms with Crippen molar-refractivity contribution in [3.63, 3.8) is 0 Å². The molecule has 2 aromatic rings. The van der Waals surface area contributed by atoms with Gasteiger partial charge in [-0.15, -0.1) is 11.3 Å². The Morgan fingerprint density at radius 3 is 2.68 bits per heavy atom. The Bertz CT molecular complexity index is 542. The summed E-state index contributed by atoms with van der Waals surface area (Å²) >= 11 is 5.11. The molecule has 2 aromatic heterocycles. The second-order valence-electron chi connectivity index (χ2n) is 4.62. The highest BCUT2D eigenvalue weighted by Crippen LogP contribution is 2.32. The van der Waals surface area contributed by atoms with Gasteiger partial charge in [-0.25, -0.2) is 0 Å². The van der Waals surface area contributed by atoms with Gasteiger partial charge in [-0.3, -0.25) is 4.68 Å². The molecule has 0 spiro atoms. The Hall–Kier alpha value is -0.650. The third-order valence-corrected chi connectivity index (χ3v) is 5.42. The number of thiophene rings is 1. The Balaban J connectivity index is 2.18. The van der Waals surface area contributed by atoms with Crippen LogP contribution in [0.3, 0.4) is 0 Å². The van der Waals surface area contributed by atoms with Crippen LogP contribution in [0.25, 0.3) is 0 Å². The summed E-state index contributed by atoms with van der Waals surface area (Å²) in [5, 5.41) is 14.9. The second kappa shape index (κ2) is 6.20. The van der Waals surface area contributed by atoms with Gasteiger partial charge in [0.15, 0.2) is 0 Å². The van der Waals surface area contributed by atoms with Crippen molar-refractivity contribution in [2.24, 2.45) is 0 Å². The van der Waals surface area contributed by atoms with Crippen LogP contribution >= 0.6 is 27.3 Å². The van der Waals surface area contributed by atoms with E-state index < -0.39 is 6.10 Å². The molecule has 0 aliphatic rings. The standard InChI is InChI=1S/C14H19BrN2OS/c1-4-10-7-11(17(5-2)16-10)8-12(18)13-6-9(3)14(15)19-13/h6-7,12,18H,4-5,8H2,1-3H3. The molecule has 0 saturated heterocycles. The van der Waals surface area contributed by atoms with E-state index in [0.29, 0.717) is 6.42 Å².